The van der Waals surface area contributed by atoms with E-state index in [1.54, 1.807) is 0 Å². The van der Waals surface area contributed by atoms with E-state index in [4.69, 9.17) is 4.98 Å². The van der Waals surface area contributed by atoms with Gasteiger partial charge in [0.05, 0.1) is 11.7 Å². The van der Waals surface area contributed by atoms with Crippen molar-refractivity contribution in [2.45, 2.75) is 65.3 Å². The molecule has 0 saturated heterocycles. The van der Waals surface area contributed by atoms with Gasteiger partial charge in [0.25, 0.3) is 0 Å². The van der Waals surface area contributed by atoms with Gasteiger partial charge in [0.1, 0.15) is 0 Å². The Morgan fingerprint density at radius 3 is 2.55 bits per heavy atom. The molecule has 2 heteroatoms. The zero-order valence-corrected chi connectivity index (χ0v) is 13.4. The Morgan fingerprint density at radius 2 is 1.95 bits per heavy atom. The zero-order chi connectivity index (χ0) is 14.4. The summed E-state index contributed by atoms with van der Waals surface area (Å²) in [4.78, 5) is 4.78. The maximum Gasteiger partial charge on any atom is 0.0579 e. The summed E-state index contributed by atoms with van der Waals surface area (Å²) >= 11 is 0. The first-order chi connectivity index (χ1) is 9.74. The Morgan fingerprint density at radius 1 is 1.20 bits per heavy atom. The lowest BCUT2D eigenvalue weighted by Gasteiger charge is -2.34. The van der Waals surface area contributed by atoms with E-state index in [0.717, 1.165) is 24.1 Å². The fraction of sp³-hybridized carbons (Fsp3) is 0.722. The van der Waals surface area contributed by atoms with Crippen molar-refractivity contribution in [1.29, 1.82) is 0 Å². The maximum atomic E-state index is 4.78. The summed E-state index contributed by atoms with van der Waals surface area (Å²) in [5, 5.41) is 3.75. The lowest BCUT2D eigenvalue weighted by atomic mass is 9.76. The second-order valence-electron chi connectivity index (χ2n) is 6.32. The molecule has 1 aliphatic rings. The van der Waals surface area contributed by atoms with Gasteiger partial charge in [-0.05, 0) is 56.7 Å². The highest BCUT2D eigenvalue weighted by atomic mass is 14.9. The van der Waals surface area contributed by atoms with E-state index in [2.05, 4.69) is 44.3 Å². The summed E-state index contributed by atoms with van der Waals surface area (Å²) in [5.41, 5.74) is 2.38. The van der Waals surface area contributed by atoms with Crippen LogP contribution in [0.3, 0.4) is 0 Å². The normalized spacial score (nSPS) is 24.6. The average Bonchev–Trinajstić information content (AvgIpc) is 2.48. The Balaban J connectivity index is 2.07. The standard InChI is InChI=1S/C18H30N2/c1-4-13-19-18(17-8-6-7-14(3)20-17)16-11-9-15(5-2)10-12-16/h6-8,15-16,18-19H,4-5,9-13H2,1-3H3. The second-order valence-corrected chi connectivity index (χ2v) is 6.32. The van der Waals surface area contributed by atoms with Gasteiger partial charge >= 0.3 is 0 Å². The molecule has 0 aliphatic heterocycles. The number of hydrogen-bond donors (Lipinski definition) is 1. The molecule has 1 heterocycles. The van der Waals surface area contributed by atoms with Crippen molar-refractivity contribution in [3.05, 3.63) is 29.6 Å². The summed E-state index contributed by atoms with van der Waals surface area (Å²) in [7, 11) is 0. The molecule has 112 valence electrons. The summed E-state index contributed by atoms with van der Waals surface area (Å²) in [6.45, 7) is 7.75. The molecule has 1 fully saturated rings. The molecular formula is C18H30N2. The average molecular weight is 274 g/mol. The quantitative estimate of drug-likeness (QED) is 0.817. The highest BCUT2D eigenvalue weighted by Crippen LogP contribution is 2.37. The predicted octanol–water partition coefficient (Wildman–Crippen LogP) is 4.65. The smallest absolute Gasteiger partial charge is 0.0579 e. The van der Waals surface area contributed by atoms with Crippen LogP contribution in [0.1, 0.15) is 69.8 Å². The van der Waals surface area contributed by atoms with Gasteiger partial charge in [-0.25, -0.2) is 0 Å². The van der Waals surface area contributed by atoms with Crippen molar-refractivity contribution in [2.75, 3.05) is 6.54 Å². The van der Waals surface area contributed by atoms with E-state index >= 15 is 0 Å². The minimum absolute atomic E-state index is 0.452. The molecule has 0 spiro atoms. The largest absolute Gasteiger partial charge is 0.308 e. The van der Waals surface area contributed by atoms with Crippen LogP contribution in [0.4, 0.5) is 0 Å². The second kappa shape index (κ2) is 7.78. The highest BCUT2D eigenvalue weighted by Gasteiger charge is 2.28. The van der Waals surface area contributed by atoms with Crippen LogP contribution >= 0.6 is 0 Å². The van der Waals surface area contributed by atoms with E-state index in [-0.39, 0.29) is 0 Å². The first-order valence-electron chi connectivity index (χ1n) is 8.41. The Labute approximate surface area is 124 Å². The van der Waals surface area contributed by atoms with Gasteiger partial charge in [0.2, 0.25) is 0 Å². The lowest BCUT2D eigenvalue weighted by molar-refractivity contribution is 0.216. The fourth-order valence-electron chi connectivity index (χ4n) is 3.48. The minimum atomic E-state index is 0.452. The van der Waals surface area contributed by atoms with E-state index in [0.29, 0.717) is 6.04 Å². The molecule has 1 unspecified atom stereocenters. The van der Waals surface area contributed by atoms with Gasteiger partial charge in [0.15, 0.2) is 0 Å². The molecule has 1 aliphatic carbocycles. The number of aryl methyl sites for hydroxylation is 1. The molecule has 0 amide bonds. The Bertz CT molecular complexity index is 394. The van der Waals surface area contributed by atoms with Crippen LogP contribution in [0.25, 0.3) is 0 Å². The third-order valence-corrected chi connectivity index (χ3v) is 4.78. The zero-order valence-electron chi connectivity index (χ0n) is 13.4. The van der Waals surface area contributed by atoms with E-state index in [1.807, 2.05) is 0 Å². The van der Waals surface area contributed by atoms with Crippen LogP contribution in [0.5, 0.6) is 0 Å². The molecule has 0 radical (unpaired) electrons. The van der Waals surface area contributed by atoms with Crippen molar-refractivity contribution < 1.29 is 0 Å². The van der Waals surface area contributed by atoms with Crippen LogP contribution in [0.15, 0.2) is 18.2 Å². The van der Waals surface area contributed by atoms with Crippen LogP contribution in [0.2, 0.25) is 0 Å². The number of aromatic nitrogens is 1. The van der Waals surface area contributed by atoms with Crippen molar-refractivity contribution >= 4 is 0 Å². The number of pyridine rings is 1. The SMILES string of the molecule is CCCNC(c1cccc(C)n1)C1CCC(CC)CC1. The first kappa shape index (κ1) is 15.5. The molecule has 1 N–H and O–H groups in total. The van der Waals surface area contributed by atoms with Crippen molar-refractivity contribution in [3.63, 3.8) is 0 Å². The monoisotopic (exact) mass is 274 g/mol. The van der Waals surface area contributed by atoms with Crippen LogP contribution < -0.4 is 5.32 Å². The van der Waals surface area contributed by atoms with Gasteiger partial charge in [-0.15, -0.1) is 0 Å². The van der Waals surface area contributed by atoms with Gasteiger partial charge in [-0.3, -0.25) is 4.98 Å². The van der Waals surface area contributed by atoms with Gasteiger partial charge in [-0.1, -0.05) is 39.2 Å². The van der Waals surface area contributed by atoms with E-state index in [9.17, 15) is 0 Å². The van der Waals surface area contributed by atoms with Crippen LogP contribution in [-0.2, 0) is 0 Å². The molecule has 0 aromatic carbocycles. The fourth-order valence-corrected chi connectivity index (χ4v) is 3.48. The molecule has 0 bridgehead atoms. The lowest BCUT2D eigenvalue weighted by Crippen LogP contribution is -2.32. The highest BCUT2D eigenvalue weighted by molar-refractivity contribution is 5.14. The summed E-state index contributed by atoms with van der Waals surface area (Å²) in [5.74, 6) is 1.72. The maximum absolute atomic E-state index is 4.78. The Kier molecular flexibility index (Phi) is 6.03. The number of nitrogens with zero attached hydrogens (tertiary/aromatic N) is 1. The molecule has 1 atom stereocenters. The predicted molar refractivity (Wildman–Crippen MR) is 85.7 cm³/mol. The first-order valence-corrected chi connectivity index (χ1v) is 8.41. The number of rotatable bonds is 6. The minimum Gasteiger partial charge on any atom is -0.308 e. The number of nitrogens with one attached hydrogen (secondary N) is 1. The molecule has 2 rings (SSSR count). The molecular weight excluding hydrogens is 244 g/mol. The van der Waals surface area contributed by atoms with Crippen molar-refractivity contribution in [1.82, 2.24) is 10.3 Å². The summed E-state index contributed by atoms with van der Waals surface area (Å²) < 4.78 is 0. The van der Waals surface area contributed by atoms with Crippen LogP contribution in [0, 0.1) is 18.8 Å². The van der Waals surface area contributed by atoms with E-state index in [1.165, 1.54) is 44.2 Å². The van der Waals surface area contributed by atoms with Crippen LogP contribution in [-0.4, -0.2) is 11.5 Å². The summed E-state index contributed by atoms with van der Waals surface area (Å²) in [6.07, 6.45) is 8.05. The molecule has 1 aromatic heterocycles. The van der Waals surface area contributed by atoms with Crippen molar-refractivity contribution in [3.8, 4) is 0 Å². The third kappa shape index (κ3) is 4.05. The van der Waals surface area contributed by atoms with Crippen molar-refractivity contribution in [2.24, 2.45) is 11.8 Å². The van der Waals surface area contributed by atoms with Gasteiger partial charge in [0, 0.05) is 5.69 Å². The topological polar surface area (TPSA) is 24.9 Å². The van der Waals surface area contributed by atoms with Gasteiger partial charge in [-0.2, -0.15) is 0 Å². The summed E-state index contributed by atoms with van der Waals surface area (Å²) in [6, 6.07) is 6.89. The third-order valence-electron chi connectivity index (χ3n) is 4.78. The number of hydrogen-bond acceptors (Lipinski definition) is 2. The van der Waals surface area contributed by atoms with E-state index < -0.39 is 0 Å². The molecule has 2 nitrogen and oxygen atoms in total. The molecule has 1 saturated carbocycles. The Hall–Kier alpha value is -0.890. The van der Waals surface area contributed by atoms with Gasteiger partial charge < -0.3 is 5.32 Å². The molecule has 1 aromatic rings. The molecule has 20 heavy (non-hydrogen) atoms.